The summed E-state index contributed by atoms with van der Waals surface area (Å²) in [5.74, 6) is 1.48. The van der Waals surface area contributed by atoms with Gasteiger partial charge in [0.15, 0.2) is 11.5 Å². The van der Waals surface area contributed by atoms with Gasteiger partial charge in [-0.15, -0.1) is 0 Å². The molecule has 5 heteroatoms. The number of carbonyl (C=O) groups excluding carboxylic acids is 1. The van der Waals surface area contributed by atoms with Gasteiger partial charge in [0.25, 0.3) is 0 Å². The van der Waals surface area contributed by atoms with Gasteiger partial charge in [0.05, 0.1) is 26.9 Å². The van der Waals surface area contributed by atoms with Crippen LogP contribution in [0.15, 0.2) is 30.3 Å². The third kappa shape index (κ3) is 3.56. The van der Waals surface area contributed by atoms with E-state index in [1.165, 1.54) is 7.11 Å². The summed E-state index contributed by atoms with van der Waals surface area (Å²) in [6.45, 7) is 3.79. The lowest BCUT2D eigenvalue weighted by atomic mass is 10.1. The number of methoxy groups -OCH3 is 3. The number of benzene rings is 2. The van der Waals surface area contributed by atoms with Crippen molar-refractivity contribution in [1.82, 2.24) is 0 Å². The Morgan fingerprint density at radius 1 is 0.783 bits per heavy atom. The van der Waals surface area contributed by atoms with E-state index in [4.69, 9.17) is 18.9 Å². The standard InChI is InChI=1S/C18H20O5/c1-11-6-7-14(17(8-11)22-5)23-18(19)13-9-15(20-3)12(2)16(10-13)21-4/h6-10H,1-5H3. The van der Waals surface area contributed by atoms with Gasteiger partial charge in [-0.1, -0.05) is 6.07 Å². The van der Waals surface area contributed by atoms with Crippen molar-refractivity contribution in [3.63, 3.8) is 0 Å². The second-order valence-electron chi connectivity index (χ2n) is 5.05. The van der Waals surface area contributed by atoms with E-state index in [0.29, 0.717) is 28.6 Å². The molecule has 0 amide bonds. The largest absolute Gasteiger partial charge is 0.496 e. The van der Waals surface area contributed by atoms with Gasteiger partial charge >= 0.3 is 5.97 Å². The first-order chi connectivity index (χ1) is 11.0. The lowest BCUT2D eigenvalue weighted by Gasteiger charge is -2.13. The fraction of sp³-hybridized carbons (Fsp3) is 0.278. The molecule has 2 aromatic rings. The lowest BCUT2D eigenvalue weighted by molar-refractivity contribution is 0.0729. The summed E-state index contributed by atoms with van der Waals surface area (Å²) in [6.07, 6.45) is 0. The Hall–Kier alpha value is -2.69. The molecule has 0 unspecified atom stereocenters. The maximum absolute atomic E-state index is 12.4. The molecule has 0 saturated heterocycles. The Bertz CT molecular complexity index is 696. The molecule has 0 saturated carbocycles. The van der Waals surface area contributed by atoms with Crippen molar-refractivity contribution in [3.05, 3.63) is 47.0 Å². The molecule has 0 aliphatic heterocycles. The molecule has 2 aromatic carbocycles. The quantitative estimate of drug-likeness (QED) is 0.624. The van der Waals surface area contributed by atoms with Crippen LogP contribution in [0.5, 0.6) is 23.0 Å². The summed E-state index contributed by atoms with van der Waals surface area (Å²) in [5, 5.41) is 0. The van der Waals surface area contributed by atoms with Crippen molar-refractivity contribution < 1.29 is 23.7 Å². The maximum atomic E-state index is 12.4. The van der Waals surface area contributed by atoms with Crippen LogP contribution in [-0.4, -0.2) is 27.3 Å². The Morgan fingerprint density at radius 3 is 1.87 bits per heavy atom. The molecule has 0 atom stereocenters. The molecule has 0 radical (unpaired) electrons. The Labute approximate surface area is 135 Å². The molecule has 0 N–H and O–H groups in total. The molecular weight excluding hydrogens is 296 g/mol. The second kappa shape index (κ2) is 7.05. The fourth-order valence-electron chi connectivity index (χ4n) is 2.22. The highest BCUT2D eigenvalue weighted by atomic mass is 16.6. The molecule has 0 fully saturated rings. The molecule has 0 spiro atoms. The average Bonchev–Trinajstić information content (AvgIpc) is 2.56. The van der Waals surface area contributed by atoms with E-state index in [1.54, 1.807) is 38.5 Å². The third-order valence-electron chi connectivity index (χ3n) is 3.51. The summed E-state index contributed by atoms with van der Waals surface area (Å²) in [6, 6.07) is 8.61. The fourth-order valence-corrected chi connectivity index (χ4v) is 2.22. The minimum absolute atomic E-state index is 0.340. The van der Waals surface area contributed by atoms with Gasteiger partial charge in [0.1, 0.15) is 11.5 Å². The van der Waals surface area contributed by atoms with Gasteiger partial charge in [0.2, 0.25) is 0 Å². The number of rotatable bonds is 5. The van der Waals surface area contributed by atoms with Crippen LogP contribution in [0.1, 0.15) is 21.5 Å². The van der Waals surface area contributed by atoms with E-state index >= 15 is 0 Å². The summed E-state index contributed by atoms with van der Waals surface area (Å²) in [5.41, 5.74) is 2.17. The monoisotopic (exact) mass is 316 g/mol. The molecule has 0 aliphatic rings. The summed E-state index contributed by atoms with van der Waals surface area (Å²) in [4.78, 5) is 12.4. The average molecular weight is 316 g/mol. The molecule has 2 rings (SSSR count). The van der Waals surface area contributed by atoms with Crippen LogP contribution in [0, 0.1) is 13.8 Å². The van der Waals surface area contributed by atoms with Gasteiger partial charge < -0.3 is 18.9 Å². The van der Waals surface area contributed by atoms with E-state index in [1.807, 2.05) is 19.9 Å². The van der Waals surface area contributed by atoms with Crippen LogP contribution in [0.3, 0.4) is 0 Å². The third-order valence-corrected chi connectivity index (χ3v) is 3.51. The van der Waals surface area contributed by atoms with Gasteiger partial charge in [-0.2, -0.15) is 0 Å². The van der Waals surface area contributed by atoms with Gasteiger partial charge in [-0.05, 0) is 43.7 Å². The highest BCUT2D eigenvalue weighted by Gasteiger charge is 2.17. The van der Waals surface area contributed by atoms with E-state index in [2.05, 4.69) is 0 Å². The molecule has 0 aromatic heterocycles. The van der Waals surface area contributed by atoms with Crippen molar-refractivity contribution in [2.75, 3.05) is 21.3 Å². The van der Waals surface area contributed by atoms with Gasteiger partial charge in [0, 0.05) is 5.56 Å². The Morgan fingerprint density at radius 2 is 1.35 bits per heavy atom. The van der Waals surface area contributed by atoms with Crippen molar-refractivity contribution in [2.24, 2.45) is 0 Å². The zero-order valence-electron chi connectivity index (χ0n) is 13.9. The van der Waals surface area contributed by atoms with E-state index in [0.717, 1.165) is 11.1 Å². The zero-order chi connectivity index (χ0) is 17.0. The van der Waals surface area contributed by atoms with Crippen molar-refractivity contribution >= 4 is 5.97 Å². The maximum Gasteiger partial charge on any atom is 0.343 e. The number of carbonyl (C=O) groups is 1. The number of esters is 1. The van der Waals surface area contributed by atoms with E-state index in [-0.39, 0.29) is 0 Å². The molecule has 23 heavy (non-hydrogen) atoms. The molecule has 0 bridgehead atoms. The number of ether oxygens (including phenoxy) is 4. The van der Waals surface area contributed by atoms with Crippen LogP contribution >= 0.6 is 0 Å². The van der Waals surface area contributed by atoms with Gasteiger partial charge in [-0.25, -0.2) is 4.79 Å². The SMILES string of the molecule is COc1cc(C)ccc1OC(=O)c1cc(OC)c(C)c(OC)c1. The number of aryl methyl sites for hydroxylation is 1. The molecular formula is C18H20O5. The summed E-state index contributed by atoms with van der Waals surface area (Å²) < 4.78 is 21.2. The highest BCUT2D eigenvalue weighted by Crippen LogP contribution is 2.32. The minimum Gasteiger partial charge on any atom is -0.496 e. The zero-order valence-corrected chi connectivity index (χ0v) is 13.9. The first-order valence-corrected chi connectivity index (χ1v) is 7.09. The predicted octanol–water partition coefficient (Wildman–Crippen LogP) is 3.55. The van der Waals surface area contributed by atoms with E-state index < -0.39 is 5.97 Å². The molecule has 5 nitrogen and oxygen atoms in total. The van der Waals surface area contributed by atoms with Gasteiger partial charge in [-0.3, -0.25) is 0 Å². The second-order valence-corrected chi connectivity index (χ2v) is 5.05. The van der Waals surface area contributed by atoms with Crippen molar-refractivity contribution in [3.8, 4) is 23.0 Å². The number of hydrogen-bond donors (Lipinski definition) is 0. The summed E-state index contributed by atoms with van der Waals surface area (Å²) in [7, 11) is 4.61. The van der Waals surface area contributed by atoms with Crippen LogP contribution in [0.2, 0.25) is 0 Å². The Balaban J connectivity index is 2.34. The van der Waals surface area contributed by atoms with Crippen LogP contribution in [0.25, 0.3) is 0 Å². The lowest BCUT2D eigenvalue weighted by Crippen LogP contribution is -2.10. The molecule has 0 heterocycles. The van der Waals surface area contributed by atoms with Crippen LogP contribution < -0.4 is 18.9 Å². The molecule has 122 valence electrons. The highest BCUT2D eigenvalue weighted by molar-refractivity contribution is 5.92. The Kier molecular flexibility index (Phi) is 5.11. The van der Waals surface area contributed by atoms with Crippen molar-refractivity contribution in [2.45, 2.75) is 13.8 Å². The van der Waals surface area contributed by atoms with Crippen LogP contribution in [0.4, 0.5) is 0 Å². The first-order valence-electron chi connectivity index (χ1n) is 7.09. The smallest absolute Gasteiger partial charge is 0.343 e. The molecule has 0 aliphatic carbocycles. The normalized spacial score (nSPS) is 10.1. The first kappa shape index (κ1) is 16.7. The summed E-state index contributed by atoms with van der Waals surface area (Å²) >= 11 is 0. The van der Waals surface area contributed by atoms with Crippen LogP contribution in [-0.2, 0) is 0 Å². The topological polar surface area (TPSA) is 54.0 Å². The van der Waals surface area contributed by atoms with Crippen molar-refractivity contribution in [1.29, 1.82) is 0 Å². The van der Waals surface area contributed by atoms with E-state index in [9.17, 15) is 4.79 Å². The number of hydrogen-bond acceptors (Lipinski definition) is 5. The predicted molar refractivity (Wildman–Crippen MR) is 87.0 cm³/mol. The minimum atomic E-state index is -0.510.